The third kappa shape index (κ3) is 1.98. The van der Waals surface area contributed by atoms with Gasteiger partial charge in [0.25, 0.3) is 0 Å². The molecule has 1 saturated heterocycles. The number of aryl methyl sites for hydroxylation is 1. The minimum atomic E-state index is 0.549. The van der Waals surface area contributed by atoms with Crippen molar-refractivity contribution in [3.8, 4) is 11.3 Å². The van der Waals surface area contributed by atoms with Crippen molar-refractivity contribution in [1.29, 1.82) is 0 Å². The number of aromatic nitrogens is 2. The monoisotopic (exact) mass is 227 g/mol. The van der Waals surface area contributed by atoms with E-state index in [1.165, 1.54) is 17.5 Å². The average molecular weight is 227 g/mol. The van der Waals surface area contributed by atoms with Gasteiger partial charge in [0.1, 0.15) is 5.82 Å². The summed E-state index contributed by atoms with van der Waals surface area (Å²) in [6, 6.07) is 8.41. The summed E-state index contributed by atoms with van der Waals surface area (Å²) < 4.78 is 0. The van der Waals surface area contributed by atoms with Crippen LogP contribution in [0.2, 0.25) is 0 Å². The first-order valence-corrected chi connectivity index (χ1v) is 6.16. The summed E-state index contributed by atoms with van der Waals surface area (Å²) in [6.07, 6.45) is 3.14. The maximum atomic E-state index is 4.52. The zero-order chi connectivity index (χ0) is 11.7. The molecule has 1 aromatic carbocycles. The molecule has 0 saturated carbocycles. The fraction of sp³-hybridized carbons (Fsp3) is 0.357. The van der Waals surface area contributed by atoms with Crippen molar-refractivity contribution in [3.63, 3.8) is 0 Å². The number of hydrogen-bond acceptors (Lipinski definition) is 2. The summed E-state index contributed by atoms with van der Waals surface area (Å²) >= 11 is 0. The van der Waals surface area contributed by atoms with E-state index in [9.17, 15) is 0 Å². The average Bonchev–Trinajstić information content (AvgIpc) is 3.00. The lowest BCUT2D eigenvalue weighted by atomic mass is 10.1. The molecule has 3 nitrogen and oxygen atoms in total. The van der Waals surface area contributed by atoms with Gasteiger partial charge in [-0.15, -0.1) is 0 Å². The molecule has 2 N–H and O–H groups in total. The minimum Gasteiger partial charge on any atom is -0.342 e. The van der Waals surface area contributed by atoms with Crippen LogP contribution in [0.15, 0.2) is 30.5 Å². The molecule has 3 heteroatoms. The highest BCUT2D eigenvalue weighted by molar-refractivity contribution is 5.62. The van der Waals surface area contributed by atoms with Gasteiger partial charge in [0.2, 0.25) is 0 Å². The zero-order valence-electron chi connectivity index (χ0n) is 10.0. The highest BCUT2D eigenvalue weighted by Crippen LogP contribution is 2.25. The van der Waals surface area contributed by atoms with Crippen molar-refractivity contribution >= 4 is 0 Å². The van der Waals surface area contributed by atoms with Crippen LogP contribution in [0.4, 0.5) is 0 Å². The Bertz CT molecular complexity index is 510. The van der Waals surface area contributed by atoms with Gasteiger partial charge in [-0.25, -0.2) is 4.98 Å². The number of benzene rings is 1. The van der Waals surface area contributed by atoms with Crippen molar-refractivity contribution in [1.82, 2.24) is 15.3 Å². The fourth-order valence-electron chi connectivity index (χ4n) is 2.44. The van der Waals surface area contributed by atoms with E-state index < -0.39 is 0 Å². The first-order valence-electron chi connectivity index (χ1n) is 6.16. The van der Waals surface area contributed by atoms with Gasteiger partial charge in [0.05, 0.1) is 11.9 Å². The van der Waals surface area contributed by atoms with Crippen LogP contribution in [0, 0.1) is 6.92 Å². The van der Waals surface area contributed by atoms with Crippen LogP contribution in [-0.4, -0.2) is 23.1 Å². The molecule has 0 spiro atoms. The molecule has 0 bridgehead atoms. The topological polar surface area (TPSA) is 40.7 Å². The third-order valence-electron chi connectivity index (χ3n) is 3.48. The Balaban J connectivity index is 1.92. The number of nitrogens with zero attached hydrogens (tertiary/aromatic N) is 1. The maximum Gasteiger partial charge on any atom is 0.110 e. The predicted molar refractivity (Wildman–Crippen MR) is 69.0 cm³/mol. The molecule has 1 atom stereocenters. The quantitative estimate of drug-likeness (QED) is 0.827. The van der Waals surface area contributed by atoms with Crippen LogP contribution >= 0.6 is 0 Å². The molecule has 3 rings (SSSR count). The Hall–Kier alpha value is -1.61. The van der Waals surface area contributed by atoms with Crippen LogP contribution < -0.4 is 5.32 Å². The van der Waals surface area contributed by atoms with Gasteiger partial charge in [-0.2, -0.15) is 0 Å². The Morgan fingerprint density at radius 2 is 2.18 bits per heavy atom. The standard InChI is InChI=1S/C14H17N3/c1-10-4-2-3-5-12(10)13-9-16-14(17-13)11-6-7-15-8-11/h2-5,9,11,15H,6-8H2,1H3,(H,16,17). The Morgan fingerprint density at radius 1 is 1.29 bits per heavy atom. The van der Waals surface area contributed by atoms with Crippen LogP contribution in [0.1, 0.15) is 23.7 Å². The van der Waals surface area contributed by atoms with Crippen LogP contribution in [-0.2, 0) is 0 Å². The highest BCUT2D eigenvalue weighted by Gasteiger charge is 2.19. The molecular formula is C14H17N3. The van der Waals surface area contributed by atoms with Gasteiger partial charge in [-0.3, -0.25) is 0 Å². The van der Waals surface area contributed by atoms with E-state index in [-0.39, 0.29) is 0 Å². The van der Waals surface area contributed by atoms with E-state index >= 15 is 0 Å². The second-order valence-electron chi connectivity index (χ2n) is 4.69. The van der Waals surface area contributed by atoms with E-state index in [0.717, 1.165) is 24.6 Å². The molecule has 1 unspecified atom stereocenters. The molecule has 0 radical (unpaired) electrons. The smallest absolute Gasteiger partial charge is 0.110 e. The van der Waals surface area contributed by atoms with Gasteiger partial charge >= 0.3 is 0 Å². The van der Waals surface area contributed by atoms with Gasteiger partial charge < -0.3 is 10.3 Å². The first kappa shape index (κ1) is 10.5. The molecule has 0 aliphatic carbocycles. The summed E-state index contributed by atoms with van der Waals surface area (Å²) in [5.41, 5.74) is 3.66. The van der Waals surface area contributed by atoms with E-state index in [2.05, 4.69) is 46.5 Å². The van der Waals surface area contributed by atoms with Crippen LogP contribution in [0.5, 0.6) is 0 Å². The number of rotatable bonds is 2. The highest BCUT2D eigenvalue weighted by atomic mass is 15.0. The van der Waals surface area contributed by atoms with Gasteiger partial charge in [0, 0.05) is 18.0 Å². The van der Waals surface area contributed by atoms with E-state index in [1.807, 2.05) is 6.20 Å². The molecule has 2 aromatic rings. The number of hydrogen-bond donors (Lipinski definition) is 2. The van der Waals surface area contributed by atoms with Crippen molar-refractivity contribution in [2.75, 3.05) is 13.1 Å². The number of aromatic amines is 1. The summed E-state index contributed by atoms with van der Waals surface area (Å²) in [5, 5.41) is 3.37. The Kier molecular flexibility index (Phi) is 2.69. The van der Waals surface area contributed by atoms with Crippen molar-refractivity contribution in [2.24, 2.45) is 0 Å². The fourth-order valence-corrected chi connectivity index (χ4v) is 2.44. The molecule has 0 amide bonds. The number of H-pyrrole nitrogens is 1. The van der Waals surface area contributed by atoms with Crippen molar-refractivity contribution in [3.05, 3.63) is 41.9 Å². The Morgan fingerprint density at radius 3 is 2.94 bits per heavy atom. The second kappa shape index (κ2) is 4.34. The molecule has 1 aliphatic heterocycles. The van der Waals surface area contributed by atoms with Gasteiger partial charge in [0.15, 0.2) is 0 Å². The van der Waals surface area contributed by atoms with E-state index in [0.29, 0.717) is 5.92 Å². The molecule has 88 valence electrons. The summed E-state index contributed by atoms with van der Waals surface area (Å²) in [5.74, 6) is 1.67. The zero-order valence-corrected chi connectivity index (χ0v) is 10.0. The molecule has 1 fully saturated rings. The largest absolute Gasteiger partial charge is 0.342 e. The first-order chi connectivity index (χ1) is 8.34. The molecular weight excluding hydrogens is 210 g/mol. The summed E-state index contributed by atoms with van der Waals surface area (Å²) in [7, 11) is 0. The SMILES string of the molecule is Cc1ccccc1-c1cnc(C2CCNC2)[nH]1. The third-order valence-corrected chi connectivity index (χ3v) is 3.48. The maximum absolute atomic E-state index is 4.52. The normalized spacial score (nSPS) is 19.7. The Labute approximate surface area is 101 Å². The molecule has 2 heterocycles. The van der Waals surface area contributed by atoms with E-state index in [4.69, 9.17) is 0 Å². The second-order valence-corrected chi connectivity index (χ2v) is 4.69. The lowest BCUT2D eigenvalue weighted by Gasteiger charge is -2.04. The summed E-state index contributed by atoms with van der Waals surface area (Å²) in [6.45, 7) is 4.28. The molecule has 1 aromatic heterocycles. The van der Waals surface area contributed by atoms with Crippen LogP contribution in [0.25, 0.3) is 11.3 Å². The minimum absolute atomic E-state index is 0.549. The number of nitrogens with one attached hydrogen (secondary N) is 2. The summed E-state index contributed by atoms with van der Waals surface area (Å²) in [4.78, 5) is 7.98. The number of imidazole rings is 1. The molecule has 17 heavy (non-hydrogen) atoms. The van der Waals surface area contributed by atoms with Crippen LogP contribution in [0.3, 0.4) is 0 Å². The van der Waals surface area contributed by atoms with Gasteiger partial charge in [-0.05, 0) is 25.5 Å². The lowest BCUT2D eigenvalue weighted by molar-refractivity contribution is 0.715. The van der Waals surface area contributed by atoms with Gasteiger partial charge in [-0.1, -0.05) is 24.3 Å². The molecule has 1 aliphatic rings. The predicted octanol–water partition coefficient (Wildman–Crippen LogP) is 2.46. The van der Waals surface area contributed by atoms with E-state index in [1.54, 1.807) is 0 Å². The van der Waals surface area contributed by atoms with Crippen molar-refractivity contribution in [2.45, 2.75) is 19.3 Å². The lowest BCUT2D eigenvalue weighted by Crippen LogP contribution is -2.08. The van der Waals surface area contributed by atoms with Crippen molar-refractivity contribution < 1.29 is 0 Å².